The summed E-state index contributed by atoms with van der Waals surface area (Å²) < 4.78 is 0. The van der Waals surface area contributed by atoms with Crippen LogP contribution in [0.2, 0.25) is 0 Å². The van der Waals surface area contributed by atoms with Crippen LogP contribution >= 0.6 is 12.6 Å². The molecule has 0 aliphatic rings. The highest BCUT2D eigenvalue weighted by Gasteiger charge is 2.14. The van der Waals surface area contributed by atoms with Crippen molar-refractivity contribution in [1.82, 2.24) is 0 Å². The molecular weight excluding hydrogens is 344 g/mol. The minimum absolute atomic E-state index is 1.02. The van der Waals surface area contributed by atoms with Gasteiger partial charge in [-0.2, -0.15) is 0 Å². The van der Waals surface area contributed by atoms with Crippen LogP contribution in [0.3, 0.4) is 0 Å². The Balaban J connectivity index is 2.03. The van der Waals surface area contributed by atoms with E-state index in [1.54, 1.807) is 0 Å². The van der Waals surface area contributed by atoms with Crippen molar-refractivity contribution in [3.8, 4) is 33.4 Å². The van der Waals surface area contributed by atoms with Crippen LogP contribution in [0.4, 0.5) is 0 Å². The fourth-order valence-corrected chi connectivity index (χ4v) is 4.11. The first-order valence-electron chi connectivity index (χ1n) is 9.19. The number of hydrogen-bond donors (Lipinski definition) is 1. The van der Waals surface area contributed by atoms with Gasteiger partial charge in [0.25, 0.3) is 0 Å². The van der Waals surface area contributed by atoms with E-state index in [2.05, 4.69) is 105 Å². The normalized spacial score (nSPS) is 10.8. The van der Waals surface area contributed by atoms with Crippen molar-refractivity contribution in [1.29, 1.82) is 0 Å². The van der Waals surface area contributed by atoms with Crippen LogP contribution in [-0.2, 0) is 0 Å². The Labute approximate surface area is 166 Å². The molecule has 0 aliphatic heterocycles. The van der Waals surface area contributed by atoms with Crippen LogP contribution in [0, 0.1) is 13.8 Å². The molecule has 0 unspecified atom stereocenters. The molecule has 0 fully saturated rings. The van der Waals surface area contributed by atoms with Crippen LogP contribution in [0.25, 0.3) is 33.4 Å². The second-order valence-corrected chi connectivity index (χ2v) is 7.37. The molecule has 4 rings (SSSR count). The van der Waals surface area contributed by atoms with Gasteiger partial charge in [0.15, 0.2) is 0 Å². The lowest BCUT2D eigenvalue weighted by molar-refractivity contribution is 1.36. The van der Waals surface area contributed by atoms with Gasteiger partial charge in [-0.05, 0) is 70.5 Å². The Bertz CT molecular complexity index is 999. The average Bonchev–Trinajstić information content (AvgIpc) is 2.70. The zero-order chi connectivity index (χ0) is 18.8. The third kappa shape index (κ3) is 3.43. The van der Waals surface area contributed by atoms with Crippen molar-refractivity contribution in [2.75, 3.05) is 0 Å². The summed E-state index contributed by atoms with van der Waals surface area (Å²) in [5.41, 5.74) is 9.83. The van der Waals surface area contributed by atoms with Crippen molar-refractivity contribution < 1.29 is 0 Å². The van der Waals surface area contributed by atoms with E-state index >= 15 is 0 Å². The van der Waals surface area contributed by atoms with Crippen LogP contribution in [0.1, 0.15) is 11.1 Å². The molecule has 4 aromatic rings. The highest BCUT2D eigenvalue weighted by molar-refractivity contribution is 7.80. The lowest BCUT2D eigenvalue weighted by Gasteiger charge is -2.17. The van der Waals surface area contributed by atoms with Crippen LogP contribution in [0.15, 0.2) is 95.9 Å². The maximum atomic E-state index is 4.95. The van der Waals surface area contributed by atoms with Crippen LogP contribution < -0.4 is 0 Å². The van der Waals surface area contributed by atoms with Gasteiger partial charge in [0.1, 0.15) is 0 Å². The summed E-state index contributed by atoms with van der Waals surface area (Å²) in [6.07, 6.45) is 0. The number of benzene rings is 4. The van der Waals surface area contributed by atoms with Gasteiger partial charge in [-0.25, -0.2) is 0 Å². The molecule has 27 heavy (non-hydrogen) atoms. The first kappa shape index (κ1) is 17.6. The highest BCUT2D eigenvalue weighted by Crippen LogP contribution is 2.40. The number of aryl methyl sites for hydroxylation is 2. The topological polar surface area (TPSA) is 0 Å². The number of hydrogen-bond acceptors (Lipinski definition) is 1. The van der Waals surface area contributed by atoms with Gasteiger partial charge >= 0.3 is 0 Å². The van der Waals surface area contributed by atoms with E-state index in [4.69, 9.17) is 12.6 Å². The summed E-state index contributed by atoms with van der Waals surface area (Å²) in [6, 6.07) is 32.1. The van der Waals surface area contributed by atoms with Crippen molar-refractivity contribution in [3.63, 3.8) is 0 Å². The molecule has 0 N–H and O–H groups in total. The summed E-state index contributed by atoms with van der Waals surface area (Å²) in [5, 5.41) is 0. The third-order valence-corrected chi connectivity index (χ3v) is 5.53. The van der Waals surface area contributed by atoms with Gasteiger partial charge in [-0.1, -0.05) is 78.9 Å². The molecule has 0 nitrogen and oxygen atoms in total. The Hall–Kier alpha value is -2.77. The standard InChI is InChI=1S/C26H22S/c1-18-10-9-11-19(2)25(18)22-16-23(20-12-5-3-6-13-20)26(27)24(17-22)21-14-7-4-8-15-21/h3-17,27H,1-2H3. The maximum absolute atomic E-state index is 4.95. The maximum Gasteiger partial charge on any atom is 0.0198 e. The molecule has 0 radical (unpaired) electrons. The molecule has 0 saturated carbocycles. The first-order chi connectivity index (χ1) is 13.1. The van der Waals surface area contributed by atoms with Crippen molar-refractivity contribution in [3.05, 3.63) is 102 Å². The van der Waals surface area contributed by atoms with Gasteiger partial charge in [0.05, 0.1) is 0 Å². The molecule has 4 aromatic carbocycles. The molecule has 0 aliphatic carbocycles. The molecule has 0 amide bonds. The van der Waals surface area contributed by atoms with E-state index in [0.29, 0.717) is 0 Å². The highest BCUT2D eigenvalue weighted by atomic mass is 32.1. The molecule has 0 bridgehead atoms. The molecule has 0 aromatic heterocycles. The molecular formula is C26H22S. The molecule has 0 heterocycles. The van der Waals surface area contributed by atoms with E-state index in [9.17, 15) is 0 Å². The van der Waals surface area contributed by atoms with Crippen molar-refractivity contribution in [2.24, 2.45) is 0 Å². The molecule has 0 atom stereocenters. The fraction of sp³-hybridized carbons (Fsp3) is 0.0769. The minimum atomic E-state index is 1.02. The first-order valence-corrected chi connectivity index (χ1v) is 9.64. The summed E-state index contributed by atoms with van der Waals surface area (Å²) in [4.78, 5) is 1.02. The van der Waals surface area contributed by atoms with Gasteiger partial charge < -0.3 is 0 Å². The smallest absolute Gasteiger partial charge is 0.0198 e. The summed E-state index contributed by atoms with van der Waals surface area (Å²) in [6.45, 7) is 4.36. The van der Waals surface area contributed by atoms with Gasteiger partial charge in [-0.15, -0.1) is 12.6 Å². The zero-order valence-corrected chi connectivity index (χ0v) is 16.5. The second-order valence-electron chi connectivity index (χ2n) is 6.92. The summed E-state index contributed by atoms with van der Waals surface area (Å²) >= 11 is 4.95. The summed E-state index contributed by atoms with van der Waals surface area (Å²) in [7, 11) is 0. The van der Waals surface area contributed by atoms with Gasteiger partial charge in [0, 0.05) is 4.90 Å². The average molecular weight is 367 g/mol. The Kier molecular flexibility index (Phi) is 4.87. The monoisotopic (exact) mass is 366 g/mol. The van der Waals surface area contributed by atoms with E-state index in [-0.39, 0.29) is 0 Å². The molecule has 1 heteroatoms. The third-order valence-electron chi connectivity index (χ3n) is 5.05. The van der Waals surface area contributed by atoms with E-state index in [1.165, 1.54) is 33.4 Å². The minimum Gasteiger partial charge on any atom is -0.142 e. The molecule has 0 spiro atoms. The molecule has 132 valence electrons. The quantitative estimate of drug-likeness (QED) is 0.355. The lowest BCUT2D eigenvalue weighted by Crippen LogP contribution is -1.92. The van der Waals surface area contributed by atoms with E-state index < -0.39 is 0 Å². The van der Waals surface area contributed by atoms with Gasteiger partial charge in [0.2, 0.25) is 0 Å². The van der Waals surface area contributed by atoms with Crippen molar-refractivity contribution in [2.45, 2.75) is 18.7 Å². The van der Waals surface area contributed by atoms with Crippen molar-refractivity contribution >= 4 is 12.6 Å². The zero-order valence-electron chi connectivity index (χ0n) is 15.6. The predicted molar refractivity (Wildman–Crippen MR) is 119 cm³/mol. The Morgan fingerprint density at radius 3 is 1.41 bits per heavy atom. The van der Waals surface area contributed by atoms with Crippen LogP contribution in [-0.4, -0.2) is 0 Å². The Morgan fingerprint density at radius 2 is 0.963 bits per heavy atom. The lowest BCUT2D eigenvalue weighted by atomic mass is 9.89. The second kappa shape index (κ2) is 7.46. The number of rotatable bonds is 3. The van der Waals surface area contributed by atoms with Gasteiger partial charge in [-0.3, -0.25) is 0 Å². The number of thiol groups is 1. The Morgan fingerprint density at radius 1 is 0.519 bits per heavy atom. The van der Waals surface area contributed by atoms with E-state index in [0.717, 1.165) is 16.0 Å². The summed E-state index contributed by atoms with van der Waals surface area (Å²) in [5.74, 6) is 0. The SMILES string of the molecule is Cc1cccc(C)c1-c1cc(-c2ccccc2)c(S)c(-c2ccccc2)c1. The fourth-order valence-electron chi connectivity index (χ4n) is 3.72. The van der Waals surface area contributed by atoms with Crippen LogP contribution in [0.5, 0.6) is 0 Å². The largest absolute Gasteiger partial charge is 0.142 e. The molecule has 0 saturated heterocycles. The van der Waals surface area contributed by atoms with E-state index in [1.807, 2.05) is 0 Å². The predicted octanol–water partition coefficient (Wildman–Crippen LogP) is 7.59.